The lowest BCUT2D eigenvalue weighted by molar-refractivity contribution is 0.676. The van der Waals surface area contributed by atoms with Crippen molar-refractivity contribution < 1.29 is 0 Å². The standard InChI is InChI=1S/C16H24N2S2/c1-19-12-8-3-2-7-11-17-16-18-15(13-20-16)14-9-5-4-6-10-14/h4-6,9-10,15H,2-3,7-8,11-13H2,1H3,(H,17,18). The van der Waals surface area contributed by atoms with Crippen molar-refractivity contribution in [3.05, 3.63) is 35.9 Å². The molecule has 1 saturated heterocycles. The van der Waals surface area contributed by atoms with Gasteiger partial charge < -0.3 is 5.32 Å². The summed E-state index contributed by atoms with van der Waals surface area (Å²) in [6.45, 7) is 0.968. The molecule has 1 atom stereocenters. The van der Waals surface area contributed by atoms with E-state index < -0.39 is 0 Å². The quantitative estimate of drug-likeness (QED) is 0.723. The van der Waals surface area contributed by atoms with Crippen molar-refractivity contribution in [2.45, 2.75) is 31.7 Å². The van der Waals surface area contributed by atoms with Crippen molar-refractivity contribution in [2.75, 3.05) is 24.3 Å². The van der Waals surface area contributed by atoms with Crippen LogP contribution in [0.5, 0.6) is 0 Å². The Balaban J connectivity index is 1.64. The van der Waals surface area contributed by atoms with Gasteiger partial charge in [-0.05, 0) is 30.4 Å². The molecule has 0 bridgehead atoms. The molecule has 0 saturated carbocycles. The predicted molar refractivity (Wildman–Crippen MR) is 93.9 cm³/mol. The molecule has 4 heteroatoms. The molecule has 1 aliphatic heterocycles. The van der Waals surface area contributed by atoms with Crippen LogP contribution in [0.4, 0.5) is 0 Å². The number of amidine groups is 1. The number of thioether (sulfide) groups is 2. The smallest absolute Gasteiger partial charge is 0.157 e. The molecule has 1 heterocycles. The Labute approximate surface area is 131 Å². The van der Waals surface area contributed by atoms with E-state index in [4.69, 9.17) is 0 Å². The van der Waals surface area contributed by atoms with Gasteiger partial charge in [0.15, 0.2) is 5.17 Å². The molecule has 1 aliphatic rings. The molecule has 0 radical (unpaired) electrons. The molecule has 20 heavy (non-hydrogen) atoms. The minimum absolute atomic E-state index is 0.432. The number of nitrogens with zero attached hydrogens (tertiary/aromatic N) is 1. The Kier molecular flexibility index (Phi) is 7.37. The second-order valence-corrected chi connectivity index (χ2v) is 7.01. The van der Waals surface area contributed by atoms with Crippen LogP contribution in [0.1, 0.15) is 37.3 Å². The van der Waals surface area contributed by atoms with E-state index in [0.717, 1.165) is 17.5 Å². The lowest BCUT2D eigenvalue weighted by atomic mass is 10.1. The predicted octanol–water partition coefficient (Wildman–Crippen LogP) is 4.34. The third kappa shape index (κ3) is 5.41. The van der Waals surface area contributed by atoms with E-state index in [9.17, 15) is 0 Å². The number of unbranched alkanes of at least 4 members (excludes halogenated alkanes) is 3. The Bertz CT molecular complexity index is 406. The summed E-state index contributed by atoms with van der Waals surface area (Å²) < 4.78 is 0. The number of hydrogen-bond donors (Lipinski definition) is 1. The van der Waals surface area contributed by atoms with Gasteiger partial charge in [0, 0.05) is 12.3 Å². The van der Waals surface area contributed by atoms with Gasteiger partial charge in [-0.2, -0.15) is 11.8 Å². The van der Waals surface area contributed by atoms with Crippen molar-refractivity contribution in [1.82, 2.24) is 5.32 Å². The van der Waals surface area contributed by atoms with Crippen LogP contribution in [-0.2, 0) is 0 Å². The molecule has 1 unspecified atom stereocenters. The molecule has 2 nitrogen and oxygen atoms in total. The molecule has 1 aromatic carbocycles. The van der Waals surface area contributed by atoms with Crippen LogP contribution in [0.25, 0.3) is 0 Å². The Hall–Kier alpha value is -0.610. The van der Waals surface area contributed by atoms with Gasteiger partial charge in [0.25, 0.3) is 0 Å². The molecular formula is C16H24N2S2. The highest BCUT2D eigenvalue weighted by molar-refractivity contribution is 8.14. The number of benzene rings is 1. The van der Waals surface area contributed by atoms with E-state index in [1.807, 2.05) is 23.5 Å². The van der Waals surface area contributed by atoms with Gasteiger partial charge in [-0.25, -0.2) is 0 Å². The van der Waals surface area contributed by atoms with E-state index in [0.29, 0.717) is 6.04 Å². The van der Waals surface area contributed by atoms with E-state index in [-0.39, 0.29) is 0 Å². The molecule has 0 aliphatic carbocycles. The van der Waals surface area contributed by atoms with Gasteiger partial charge in [0.1, 0.15) is 0 Å². The van der Waals surface area contributed by atoms with E-state index in [1.54, 1.807) is 0 Å². The lowest BCUT2D eigenvalue weighted by Crippen LogP contribution is -2.19. The van der Waals surface area contributed by atoms with Crippen molar-refractivity contribution >= 4 is 28.7 Å². The fourth-order valence-corrected chi connectivity index (χ4v) is 3.74. The topological polar surface area (TPSA) is 24.4 Å². The highest BCUT2D eigenvalue weighted by Crippen LogP contribution is 2.25. The first-order valence-electron chi connectivity index (χ1n) is 7.38. The Morgan fingerprint density at radius 3 is 2.80 bits per heavy atom. The van der Waals surface area contributed by atoms with Crippen molar-refractivity contribution in [3.8, 4) is 0 Å². The average Bonchev–Trinajstić information content (AvgIpc) is 2.96. The summed E-state index contributed by atoms with van der Waals surface area (Å²) in [4.78, 5) is 4.68. The Morgan fingerprint density at radius 2 is 2.00 bits per heavy atom. The fraction of sp³-hybridized carbons (Fsp3) is 0.562. The second-order valence-electron chi connectivity index (χ2n) is 5.01. The Morgan fingerprint density at radius 1 is 1.20 bits per heavy atom. The van der Waals surface area contributed by atoms with Gasteiger partial charge in [0.05, 0.1) is 6.04 Å². The van der Waals surface area contributed by atoms with E-state index in [2.05, 4.69) is 46.9 Å². The minimum atomic E-state index is 0.432. The molecule has 0 spiro atoms. The summed E-state index contributed by atoms with van der Waals surface area (Å²) in [5, 5.41) is 4.66. The third-order valence-electron chi connectivity index (χ3n) is 3.40. The van der Waals surface area contributed by atoms with Crippen LogP contribution in [0.3, 0.4) is 0 Å². The first-order chi connectivity index (χ1) is 9.90. The van der Waals surface area contributed by atoms with Crippen LogP contribution in [0.2, 0.25) is 0 Å². The molecule has 1 aromatic rings. The van der Waals surface area contributed by atoms with Crippen LogP contribution < -0.4 is 5.32 Å². The number of rotatable bonds is 8. The summed E-state index contributed by atoms with van der Waals surface area (Å²) in [6.07, 6.45) is 7.40. The summed E-state index contributed by atoms with van der Waals surface area (Å²) >= 11 is 3.80. The van der Waals surface area contributed by atoms with E-state index in [1.165, 1.54) is 37.0 Å². The third-order valence-corrected chi connectivity index (χ3v) is 5.12. The van der Waals surface area contributed by atoms with Crippen molar-refractivity contribution in [1.29, 1.82) is 0 Å². The van der Waals surface area contributed by atoms with Crippen LogP contribution in [0.15, 0.2) is 35.3 Å². The maximum atomic E-state index is 4.68. The summed E-state index contributed by atoms with van der Waals surface area (Å²) in [5.41, 5.74) is 1.36. The normalized spacial score (nSPS) is 20.2. The van der Waals surface area contributed by atoms with Gasteiger partial charge in [0.2, 0.25) is 0 Å². The summed E-state index contributed by atoms with van der Waals surface area (Å²) in [6, 6.07) is 11.1. The highest BCUT2D eigenvalue weighted by Gasteiger charge is 2.20. The number of aliphatic imine (C=N–C) groups is 1. The summed E-state index contributed by atoms with van der Waals surface area (Å²) in [7, 11) is 0. The molecule has 0 aromatic heterocycles. The van der Waals surface area contributed by atoms with Crippen molar-refractivity contribution in [3.63, 3.8) is 0 Å². The fourth-order valence-electron chi connectivity index (χ4n) is 2.24. The first-order valence-corrected chi connectivity index (χ1v) is 9.76. The monoisotopic (exact) mass is 308 g/mol. The van der Waals surface area contributed by atoms with Gasteiger partial charge in [-0.15, -0.1) is 0 Å². The maximum absolute atomic E-state index is 4.68. The maximum Gasteiger partial charge on any atom is 0.157 e. The largest absolute Gasteiger partial charge is 0.357 e. The first kappa shape index (κ1) is 15.8. The zero-order chi connectivity index (χ0) is 14.0. The van der Waals surface area contributed by atoms with Gasteiger partial charge in [-0.1, -0.05) is 54.9 Å². The second kappa shape index (κ2) is 9.35. The number of hydrogen-bond acceptors (Lipinski definition) is 3. The van der Waals surface area contributed by atoms with Crippen LogP contribution in [0, 0.1) is 0 Å². The van der Waals surface area contributed by atoms with Crippen LogP contribution in [-0.4, -0.2) is 29.5 Å². The molecule has 1 N–H and O–H groups in total. The lowest BCUT2D eigenvalue weighted by Gasteiger charge is -2.09. The SMILES string of the molecule is CSCCCCCCN=C1NC(c2ccccc2)CS1. The zero-order valence-electron chi connectivity index (χ0n) is 12.2. The molecule has 2 rings (SSSR count). The molecular weight excluding hydrogens is 284 g/mol. The highest BCUT2D eigenvalue weighted by atomic mass is 32.2. The molecule has 110 valence electrons. The van der Waals surface area contributed by atoms with Gasteiger partial charge >= 0.3 is 0 Å². The van der Waals surface area contributed by atoms with Gasteiger partial charge in [-0.3, -0.25) is 4.99 Å². The minimum Gasteiger partial charge on any atom is -0.357 e. The van der Waals surface area contributed by atoms with Crippen LogP contribution >= 0.6 is 23.5 Å². The van der Waals surface area contributed by atoms with E-state index >= 15 is 0 Å². The summed E-state index contributed by atoms with van der Waals surface area (Å²) in [5.74, 6) is 2.39. The zero-order valence-corrected chi connectivity index (χ0v) is 13.8. The van der Waals surface area contributed by atoms with Crippen molar-refractivity contribution in [2.24, 2.45) is 4.99 Å². The average molecular weight is 309 g/mol. The number of nitrogens with one attached hydrogen (secondary N) is 1. The molecule has 0 amide bonds. The molecule has 1 fully saturated rings.